The van der Waals surface area contributed by atoms with Crippen LogP contribution < -0.4 is 14.2 Å². The molecule has 0 aliphatic heterocycles. The fourth-order valence-electron chi connectivity index (χ4n) is 1.92. The maximum Gasteiger partial charge on any atom is 0.214 e. The molecule has 0 saturated carbocycles. The van der Waals surface area contributed by atoms with Crippen LogP contribution in [0, 0.1) is 0 Å². The largest absolute Gasteiger partial charge is 0.493 e. The van der Waals surface area contributed by atoms with Gasteiger partial charge in [0, 0.05) is 12.6 Å². The fraction of sp³-hybridized carbons (Fsp3) is 0.308. The van der Waals surface area contributed by atoms with Crippen molar-refractivity contribution >= 4 is 21.7 Å². The van der Waals surface area contributed by atoms with Crippen LogP contribution in [0.15, 0.2) is 16.7 Å². The van der Waals surface area contributed by atoms with Gasteiger partial charge in [-0.25, -0.2) is 4.68 Å². The molecule has 8 heteroatoms. The van der Waals surface area contributed by atoms with E-state index in [0.717, 1.165) is 0 Å². The molecule has 0 radical (unpaired) electrons. The second kappa shape index (κ2) is 6.13. The smallest absolute Gasteiger partial charge is 0.214 e. The van der Waals surface area contributed by atoms with Gasteiger partial charge in [0.1, 0.15) is 5.69 Å². The number of nitrogens with zero attached hydrogens (tertiary/aromatic N) is 3. The van der Waals surface area contributed by atoms with E-state index >= 15 is 0 Å². The molecule has 112 valence electrons. The first-order valence-corrected chi connectivity index (χ1v) is 6.72. The van der Waals surface area contributed by atoms with Crippen LogP contribution >= 0.6 is 15.9 Å². The zero-order valence-corrected chi connectivity index (χ0v) is 13.6. The monoisotopic (exact) mass is 355 g/mol. The van der Waals surface area contributed by atoms with Gasteiger partial charge in [-0.2, -0.15) is 0 Å². The predicted molar refractivity (Wildman–Crippen MR) is 78.2 cm³/mol. The maximum absolute atomic E-state index is 12.6. The third-order valence-electron chi connectivity index (χ3n) is 2.93. The topological polar surface area (TPSA) is 75.5 Å². The Morgan fingerprint density at radius 1 is 1.14 bits per heavy atom. The van der Waals surface area contributed by atoms with E-state index in [4.69, 9.17) is 14.2 Å². The van der Waals surface area contributed by atoms with Crippen LogP contribution in [0.2, 0.25) is 0 Å². The Morgan fingerprint density at radius 3 is 2.10 bits per heavy atom. The number of ether oxygens (including phenoxy) is 3. The summed E-state index contributed by atoms with van der Waals surface area (Å²) in [5.41, 5.74) is 0.722. The highest BCUT2D eigenvalue weighted by molar-refractivity contribution is 9.10. The molecule has 7 nitrogen and oxygen atoms in total. The number of benzene rings is 1. The number of aryl methyl sites for hydroxylation is 1. The summed E-state index contributed by atoms with van der Waals surface area (Å²) in [6, 6.07) is 3.17. The van der Waals surface area contributed by atoms with Crippen molar-refractivity contribution in [3.63, 3.8) is 0 Å². The Bertz CT molecular complexity index is 640. The lowest BCUT2D eigenvalue weighted by Crippen LogP contribution is -2.10. The second-order valence-corrected chi connectivity index (χ2v) is 4.85. The lowest BCUT2D eigenvalue weighted by molar-refractivity contribution is 0.102. The molecule has 2 rings (SSSR count). The van der Waals surface area contributed by atoms with Gasteiger partial charge in [0.15, 0.2) is 16.1 Å². The summed E-state index contributed by atoms with van der Waals surface area (Å²) in [5.74, 6) is 0.991. The summed E-state index contributed by atoms with van der Waals surface area (Å²) in [7, 11) is 6.13. The van der Waals surface area contributed by atoms with E-state index in [-0.39, 0.29) is 5.78 Å². The Kier molecular flexibility index (Phi) is 4.46. The highest BCUT2D eigenvalue weighted by Gasteiger charge is 2.22. The first-order valence-electron chi connectivity index (χ1n) is 5.93. The summed E-state index contributed by atoms with van der Waals surface area (Å²) in [6.45, 7) is 0. The zero-order chi connectivity index (χ0) is 15.6. The average Bonchev–Trinajstić information content (AvgIpc) is 2.83. The van der Waals surface area contributed by atoms with Crippen LogP contribution in [0.4, 0.5) is 0 Å². The number of hydrogen-bond acceptors (Lipinski definition) is 6. The summed E-state index contributed by atoms with van der Waals surface area (Å²) >= 11 is 3.21. The molecule has 0 atom stereocenters. The third-order valence-corrected chi connectivity index (χ3v) is 3.46. The number of carbonyl (C=O) groups is 1. The molecule has 0 amide bonds. The molecule has 1 heterocycles. The second-order valence-electron chi connectivity index (χ2n) is 4.10. The van der Waals surface area contributed by atoms with Gasteiger partial charge in [-0.05, 0) is 28.1 Å². The van der Waals surface area contributed by atoms with Crippen molar-refractivity contribution in [2.24, 2.45) is 7.05 Å². The van der Waals surface area contributed by atoms with Crippen LogP contribution in [0.1, 0.15) is 16.1 Å². The average molecular weight is 356 g/mol. The van der Waals surface area contributed by atoms with Crippen molar-refractivity contribution in [3.05, 3.63) is 28.0 Å². The molecule has 0 N–H and O–H groups in total. The SMILES string of the molecule is COc1cc(C(=O)c2c(Br)nnn2C)cc(OC)c1OC. The van der Waals surface area contributed by atoms with E-state index < -0.39 is 0 Å². The molecule has 0 bridgehead atoms. The van der Waals surface area contributed by atoms with E-state index in [2.05, 4.69) is 26.2 Å². The molecule has 1 aromatic heterocycles. The van der Waals surface area contributed by atoms with Crippen molar-refractivity contribution in [1.82, 2.24) is 15.0 Å². The van der Waals surface area contributed by atoms with Crippen molar-refractivity contribution < 1.29 is 19.0 Å². The normalized spacial score (nSPS) is 10.3. The van der Waals surface area contributed by atoms with Crippen molar-refractivity contribution in [3.8, 4) is 17.2 Å². The standard InChI is InChI=1S/C13H14BrN3O4/c1-17-10(13(14)15-16-17)11(18)7-5-8(19-2)12(21-4)9(6-7)20-3/h5-6H,1-4H3. The Balaban J connectivity index is 2.57. The molecular weight excluding hydrogens is 342 g/mol. The molecule has 0 spiro atoms. The first-order chi connectivity index (χ1) is 10.0. The Hall–Kier alpha value is -2.09. The van der Waals surface area contributed by atoms with Gasteiger partial charge in [0.2, 0.25) is 11.5 Å². The van der Waals surface area contributed by atoms with E-state index in [0.29, 0.717) is 33.1 Å². The molecule has 0 saturated heterocycles. The van der Waals surface area contributed by atoms with Gasteiger partial charge in [-0.3, -0.25) is 4.79 Å². The van der Waals surface area contributed by atoms with Gasteiger partial charge in [0.25, 0.3) is 0 Å². The Morgan fingerprint density at radius 2 is 1.71 bits per heavy atom. The number of aromatic nitrogens is 3. The molecule has 0 aliphatic carbocycles. The maximum atomic E-state index is 12.6. The zero-order valence-electron chi connectivity index (χ0n) is 12.0. The summed E-state index contributed by atoms with van der Waals surface area (Å²) in [5, 5.41) is 7.60. The van der Waals surface area contributed by atoms with E-state index in [1.807, 2.05) is 0 Å². The molecule has 2 aromatic rings. The van der Waals surface area contributed by atoms with Gasteiger partial charge in [-0.15, -0.1) is 5.10 Å². The van der Waals surface area contributed by atoms with E-state index in [1.54, 1.807) is 19.2 Å². The predicted octanol–water partition coefficient (Wildman–Crippen LogP) is 1.83. The molecular formula is C13H14BrN3O4. The minimum Gasteiger partial charge on any atom is -0.493 e. The van der Waals surface area contributed by atoms with Crippen molar-refractivity contribution in [1.29, 1.82) is 0 Å². The minimum atomic E-state index is -0.256. The summed E-state index contributed by atoms with van der Waals surface area (Å²) < 4.78 is 17.5. The van der Waals surface area contributed by atoms with E-state index in [1.165, 1.54) is 26.0 Å². The molecule has 21 heavy (non-hydrogen) atoms. The van der Waals surface area contributed by atoms with E-state index in [9.17, 15) is 4.79 Å². The number of hydrogen-bond donors (Lipinski definition) is 0. The Labute approximate surface area is 129 Å². The van der Waals surface area contributed by atoms with Crippen LogP contribution in [0.3, 0.4) is 0 Å². The van der Waals surface area contributed by atoms with Crippen molar-refractivity contribution in [2.45, 2.75) is 0 Å². The van der Waals surface area contributed by atoms with Gasteiger partial charge in [-0.1, -0.05) is 5.21 Å². The van der Waals surface area contributed by atoms with Gasteiger partial charge >= 0.3 is 0 Å². The molecule has 0 fully saturated rings. The number of rotatable bonds is 5. The van der Waals surface area contributed by atoms with Crippen molar-refractivity contribution in [2.75, 3.05) is 21.3 Å². The highest BCUT2D eigenvalue weighted by atomic mass is 79.9. The molecule has 1 aromatic carbocycles. The quantitative estimate of drug-likeness (QED) is 0.761. The van der Waals surface area contributed by atoms with Crippen LogP contribution in [0.25, 0.3) is 0 Å². The first kappa shape index (κ1) is 15.3. The number of carbonyl (C=O) groups excluding carboxylic acids is 1. The van der Waals surface area contributed by atoms with Crippen LogP contribution in [0.5, 0.6) is 17.2 Å². The summed E-state index contributed by atoms with van der Waals surface area (Å²) in [4.78, 5) is 12.6. The van der Waals surface area contributed by atoms with Gasteiger partial charge < -0.3 is 14.2 Å². The summed E-state index contributed by atoms with van der Waals surface area (Å²) in [6.07, 6.45) is 0. The molecule has 0 unspecified atom stereocenters. The lowest BCUT2D eigenvalue weighted by atomic mass is 10.1. The fourth-order valence-corrected chi connectivity index (χ4v) is 2.43. The van der Waals surface area contributed by atoms with Crippen LogP contribution in [-0.2, 0) is 7.05 Å². The molecule has 0 aliphatic rings. The number of methoxy groups -OCH3 is 3. The van der Waals surface area contributed by atoms with Crippen LogP contribution in [-0.4, -0.2) is 42.1 Å². The number of halogens is 1. The number of ketones is 1. The third kappa shape index (κ3) is 2.71. The minimum absolute atomic E-state index is 0.256. The highest BCUT2D eigenvalue weighted by Crippen LogP contribution is 2.38. The van der Waals surface area contributed by atoms with Gasteiger partial charge in [0.05, 0.1) is 21.3 Å². The lowest BCUT2D eigenvalue weighted by Gasteiger charge is -2.13.